The van der Waals surface area contributed by atoms with Crippen molar-refractivity contribution in [2.75, 3.05) is 33.7 Å². The standard InChI is InChI=1S/C14H24N4O/c1-16(2)9-6-12-5-4-8-18(11-12)14(19)13-7-10-17(3)15-13/h7,10,12H,4-6,8-9,11H2,1-3H3. The van der Waals surface area contributed by atoms with Crippen molar-refractivity contribution in [1.29, 1.82) is 0 Å². The number of likely N-dealkylation sites (tertiary alicyclic amines) is 1. The van der Waals surface area contributed by atoms with E-state index in [2.05, 4.69) is 24.1 Å². The van der Waals surface area contributed by atoms with Crippen molar-refractivity contribution < 1.29 is 4.79 Å². The SMILES string of the molecule is CN(C)CCC1CCCN(C(=O)c2ccn(C)n2)C1. The zero-order valence-electron chi connectivity index (χ0n) is 12.2. The van der Waals surface area contributed by atoms with Crippen molar-refractivity contribution >= 4 is 5.91 Å². The molecule has 19 heavy (non-hydrogen) atoms. The van der Waals surface area contributed by atoms with Gasteiger partial charge in [0.25, 0.3) is 5.91 Å². The molecule has 1 aromatic rings. The van der Waals surface area contributed by atoms with Crippen LogP contribution in [0.1, 0.15) is 29.8 Å². The Morgan fingerprint density at radius 1 is 1.53 bits per heavy atom. The van der Waals surface area contributed by atoms with Gasteiger partial charge in [-0.3, -0.25) is 9.48 Å². The first-order valence-corrected chi connectivity index (χ1v) is 7.00. The average Bonchev–Trinajstić information content (AvgIpc) is 2.82. The third-order valence-electron chi connectivity index (χ3n) is 3.72. The van der Waals surface area contributed by atoms with Crippen molar-refractivity contribution in [3.63, 3.8) is 0 Å². The summed E-state index contributed by atoms with van der Waals surface area (Å²) in [7, 11) is 6.03. The van der Waals surface area contributed by atoms with Gasteiger partial charge in [-0.15, -0.1) is 0 Å². The second kappa shape index (κ2) is 6.19. The molecule has 2 heterocycles. The topological polar surface area (TPSA) is 41.4 Å². The molecule has 1 aromatic heterocycles. The van der Waals surface area contributed by atoms with Crippen LogP contribution in [-0.4, -0.2) is 59.2 Å². The summed E-state index contributed by atoms with van der Waals surface area (Å²) in [6, 6.07) is 1.80. The summed E-state index contributed by atoms with van der Waals surface area (Å²) in [6.45, 7) is 2.84. The number of aromatic nitrogens is 2. The highest BCUT2D eigenvalue weighted by Gasteiger charge is 2.25. The lowest BCUT2D eigenvalue weighted by molar-refractivity contribution is 0.0656. The summed E-state index contributed by atoms with van der Waals surface area (Å²) in [5.41, 5.74) is 0.566. The number of carbonyl (C=O) groups excluding carboxylic acids is 1. The van der Waals surface area contributed by atoms with Gasteiger partial charge in [-0.25, -0.2) is 0 Å². The highest BCUT2D eigenvalue weighted by Crippen LogP contribution is 2.21. The first-order chi connectivity index (χ1) is 9.06. The molecule has 1 unspecified atom stereocenters. The van der Waals surface area contributed by atoms with E-state index in [0.29, 0.717) is 11.6 Å². The van der Waals surface area contributed by atoms with Crippen LogP contribution in [0.4, 0.5) is 0 Å². The Morgan fingerprint density at radius 3 is 2.95 bits per heavy atom. The number of aryl methyl sites for hydroxylation is 1. The molecule has 0 aliphatic carbocycles. The quantitative estimate of drug-likeness (QED) is 0.821. The summed E-state index contributed by atoms with van der Waals surface area (Å²) >= 11 is 0. The normalized spacial score (nSPS) is 20.0. The highest BCUT2D eigenvalue weighted by molar-refractivity contribution is 5.92. The van der Waals surface area contributed by atoms with E-state index in [1.165, 1.54) is 12.8 Å². The van der Waals surface area contributed by atoms with E-state index in [4.69, 9.17) is 0 Å². The zero-order valence-corrected chi connectivity index (χ0v) is 12.2. The highest BCUT2D eigenvalue weighted by atomic mass is 16.2. The van der Waals surface area contributed by atoms with Gasteiger partial charge in [0.15, 0.2) is 0 Å². The summed E-state index contributed by atoms with van der Waals surface area (Å²) < 4.78 is 1.68. The molecule has 106 valence electrons. The molecule has 5 heteroatoms. The number of piperidine rings is 1. The molecule has 1 atom stereocenters. The monoisotopic (exact) mass is 264 g/mol. The maximum absolute atomic E-state index is 12.3. The largest absolute Gasteiger partial charge is 0.337 e. The smallest absolute Gasteiger partial charge is 0.274 e. The molecule has 1 amide bonds. The minimum Gasteiger partial charge on any atom is -0.337 e. The van der Waals surface area contributed by atoms with Crippen LogP contribution < -0.4 is 0 Å². The van der Waals surface area contributed by atoms with E-state index in [1.54, 1.807) is 10.7 Å². The molecule has 0 radical (unpaired) electrons. The number of rotatable bonds is 4. The van der Waals surface area contributed by atoms with Gasteiger partial charge in [0.2, 0.25) is 0 Å². The van der Waals surface area contributed by atoms with E-state index in [0.717, 1.165) is 26.1 Å². The molecule has 0 saturated carbocycles. The van der Waals surface area contributed by atoms with Gasteiger partial charge >= 0.3 is 0 Å². The minimum absolute atomic E-state index is 0.0788. The molecule has 1 aliphatic heterocycles. The van der Waals surface area contributed by atoms with Gasteiger partial charge in [-0.2, -0.15) is 5.10 Å². The first kappa shape index (κ1) is 14.1. The van der Waals surface area contributed by atoms with Crippen molar-refractivity contribution in [3.8, 4) is 0 Å². The predicted molar refractivity (Wildman–Crippen MR) is 75.0 cm³/mol. The summed E-state index contributed by atoms with van der Waals surface area (Å²) in [4.78, 5) is 16.5. The van der Waals surface area contributed by atoms with Crippen molar-refractivity contribution in [3.05, 3.63) is 18.0 Å². The predicted octanol–water partition coefficient (Wildman–Crippen LogP) is 1.22. The summed E-state index contributed by atoms with van der Waals surface area (Å²) in [5.74, 6) is 0.707. The molecular weight excluding hydrogens is 240 g/mol. The van der Waals surface area contributed by atoms with Crippen LogP contribution in [0.3, 0.4) is 0 Å². The van der Waals surface area contributed by atoms with E-state index in [-0.39, 0.29) is 5.91 Å². The van der Waals surface area contributed by atoms with Crippen LogP contribution >= 0.6 is 0 Å². The molecule has 0 N–H and O–H groups in total. The molecule has 1 fully saturated rings. The van der Waals surface area contributed by atoms with Crippen LogP contribution in [0.15, 0.2) is 12.3 Å². The van der Waals surface area contributed by atoms with Crippen LogP contribution in [0.2, 0.25) is 0 Å². The van der Waals surface area contributed by atoms with Gasteiger partial charge in [-0.1, -0.05) is 0 Å². The Morgan fingerprint density at radius 2 is 2.32 bits per heavy atom. The fourth-order valence-electron chi connectivity index (χ4n) is 2.62. The molecule has 0 spiro atoms. The lowest BCUT2D eigenvalue weighted by atomic mass is 9.94. The van der Waals surface area contributed by atoms with Gasteiger partial charge in [0.05, 0.1) is 0 Å². The van der Waals surface area contributed by atoms with Crippen molar-refractivity contribution in [2.45, 2.75) is 19.3 Å². The number of nitrogens with zero attached hydrogens (tertiary/aromatic N) is 4. The second-order valence-corrected chi connectivity index (χ2v) is 5.73. The van der Waals surface area contributed by atoms with E-state index in [9.17, 15) is 4.79 Å². The number of carbonyl (C=O) groups is 1. The molecular formula is C14H24N4O. The third-order valence-corrected chi connectivity index (χ3v) is 3.72. The summed E-state index contributed by atoms with van der Waals surface area (Å²) in [5, 5.41) is 4.20. The van der Waals surface area contributed by atoms with E-state index in [1.807, 2.05) is 18.1 Å². The van der Waals surface area contributed by atoms with Crippen molar-refractivity contribution in [2.24, 2.45) is 13.0 Å². The maximum atomic E-state index is 12.3. The van der Waals surface area contributed by atoms with Crippen molar-refractivity contribution in [1.82, 2.24) is 19.6 Å². The first-order valence-electron chi connectivity index (χ1n) is 7.00. The fourth-order valence-corrected chi connectivity index (χ4v) is 2.62. The van der Waals surface area contributed by atoms with Gasteiger partial charge in [0.1, 0.15) is 5.69 Å². The number of hydrogen-bond acceptors (Lipinski definition) is 3. The molecule has 0 aromatic carbocycles. The zero-order chi connectivity index (χ0) is 13.8. The van der Waals surface area contributed by atoms with Crippen LogP contribution in [0, 0.1) is 5.92 Å². The van der Waals surface area contributed by atoms with Gasteiger partial charge in [-0.05, 0) is 51.9 Å². The van der Waals surface area contributed by atoms with Crippen LogP contribution in [0.5, 0.6) is 0 Å². The van der Waals surface area contributed by atoms with Crippen LogP contribution in [-0.2, 0) is 7.05 Å². The van der Waals surface area contributed by atoms with Gasteiger partial charge < -0.3 is 9.80 Å². The minimum atomic E-state index is 0.0788. The molecule has 0 bridgehead atoms. The Balaban J connectivity index is 1.91. The number of hydrogen-bond donors (Lipinski definition) is 0. The Labute approximate surface area is 115 Å². The van der Waals surface area contributed by atoms with E-state index < -0.39 is 0 Å². The molecule has 2 rings (SSSR count). The maximum Gasteiger partial charge on any atom is 0.274 e. The molecule has 1 aliphatic rings. The second-order valence-electron chi connectivity index (χ2n) is 5.73. The Bertz CT molecular complexity index is 427. The third kappa shape index (κ3) is 3.80. The fraction of sp³-hybridized carbons (Fsp3) is 0.714. The lowest BCUT2D eigenvalue weighted by Crippen LogP contribution is -2.40. The van der Waals surface area contributed by atoms with Crippen LogP contribution in [0.25, 0.3) is 0 Å². The molecule has 5 nitrogen and oxygen atoms in total. The Kier molecular flexibility index (Phi) is 4.58. The van der Waals surface area contributed by atoms with Gasteiger partial charge in [0, 0.05) is 26.3 Å². The van der Waals surface area contributed by atoms with E-state index >= 15 is 0 Å². The Hall–Kier alpha value is -1.36. The lowest BCUT2D eigenvalue weighted by Gasteiger charge is -2.32. The molecule has 1 saturated heterocycles. The number of amides is 1. The average molecular weight is 264 g/mol. The summed E-state index contributed by atoms with van der Waals surface area (Å²) in [6.07, 6.45) is 5.33.